The van der Waals surface area contributed by atoms with Gasteiger partial charge in [0.1, 0.15) is 11.5 Å². The van der Waals surface area contributed by atoms with Gasteiger partial charge in [-0.25, -0.2) is 5.01 Å². The second-order valence-electron chi connectivity index (χ2n) is 9.00. The maximum absolute atomic E-state index is 6.50. The van der Waals surface area contributed by atoms with Gasteiger partial charge in [0, 0.05) is 22.0 Å². The molecule has 0 bridgehead atoms. The van der Waals surface area contributed by atoms with Crippen LogP contribution in [0.25, 0.3) is 0 Å². The van der Waals surface area contributed by atoms with Crippen LogP contribution in [0.15, 0.2) is 82.4 Å². The Balaban J connectivity index is 1.35. The molecular formula is C29H31BrN2O2. The zero-order valence-electron chi connectivity index (χ0n) is 19.6. The zero-order chi connectivity index (χ0) is 23.3. The third-order valence-corrected chi connectivity index (χ3v) is 7.03. The molecule has 0 spiro atoms. The summed E-state index contributed by atoms with van der Waals surface area (Å²) < 4.78 is 13.5. The Morgan fingerprint density at radius 3 is 2.56 bits per heavy atom. The maximum Gasteiger partial charge on any atom is 0.213 e. The average Bonchev–Trinajstić information content (AvgIpc) is 3.33. The van der Waals surface area contributed by atoms with E-state index in [1.165, 1.54) is 31.2 Å². The molecule has 0 saturated carbocycles. The lowest BCUT2D eigenvalue weighted by Gasteiger charge is -2.38. The van der Waals surface area contributed by atoms with Crippen LogP contribution in [0.2, 0.25) is 0 Å². The molecule has 4 nitrogen and oxygen atoms in total. The summed E-state index contributed by atoms with van der Waals surface area (Å²) in [6.07, 6.45) is 6.78. The van der Waals surface area contributed by atoms with Crippen LogP contribution < -0.4 is 9.47 Å². The third kappa shape index (κ3) is 5.00. The van der Waals surface area contributed by atoms with Crippen LogP contribution in [0.3, 0.4) is 0 Å². The molecule has 176 valence electrons. The summed E-state index contributed by atoms with van der Waals surface area (Å²) >= 11 is 3.63. The van der Waals surface area contributed by atoms with E-state index in [0.717, 1.165) is 52.3 Å². The first kappa shape index (κ1) is 23.0. The predicted octanol–water partition coefficient (Wildman–Crippen LogP) is 8.04. The smallest absolute Gasteiger partial charge is 0.213 e. The Morgan fingerprint density at radius 2 is 1.76 bits per heavy atom. The van der Waals surface area contributed by atoms with E-state index in [-0.39, 0.29) is 12.3 Å². The number of fused-ring (bicyclic) bond motifs is 3. The zero-order valence-corrected chi connectivity index (χ0v) is 21.2. The molecule has 2 aliphatic rings. The fourth-order valence-electron chi connectivity index (χ4n) is 4.71. The summed E-state index contributed by atoms with van der Waals surface area (Å²) in [5, 5.41) is 7.18. The fourth-order valence-corrected chi connectivity index (χ4v) is 5.09. The van der Waals surface area contributed by atoms with Crippen LogP contribution in [-0.4, -0.2) is 17.3 Å². The number of benzene rings is 3. The van der Waals surface area contributed by atoms with Crippen molar-refractivity contribution < 1.29 is 9.47 Å². The molecule has 2 atom stereocenters. The van der Waals surface area contributed by atoms with Gasteiger partial charge in [0.2, 0.25) is 6.23 Å². The number of ether oxygens (including phenoxy) is 2. The molecule has 0 amide bonds. The average molecular weight is 519 g/mol. The molecule has 5 rings (SSSR count). The highest BCUT2D eigenvalue weighted by atomic mass is 79.9. The summed E-state index contributed by atoms with van der Waals surface area (Å²) in [6, 6.07) is 25.1. The predicted molar refractivity (Wildman–Crippen MR) is 140 cm³/mol. The second-order valence-corrected chi connectivity index (χ2v) is 9.91. The van der Waals surface area contributed by atoms with Gasteiger partial charge in [-0.2, -0.15) is 5.10 Å². The van der Waals surface area contributed by atoms with Crippen molar-refractivity contribution in [2.24, 2.45) is 5.10 Å². The molecule has 0 unspecified atom stereocenters. The van der Waals surface area contributed by atoms with Gasteiger partial charge in [0.15, 0.2) is 0 Å². The Bertz CT molecular complexity index is 1130. The largest absolute Gasteiger partial charge is 0.494 e. The van der Waals surface area contributed by atoms with Gasteiger partial charge in [0.05, 0.1) is 18.4 Å². The minimum absolute atomic E-state index is 0.139. The van der Waals surface area contributed by atoms with E-state index in [1.807, 2.05) is 12.1 Å². The lowest BCUT2D eigenvalue weighted by Crippen LogP contribution is -2.33. The van der Waals surface area contributed by atoms with E-state index >= 15 is 0 Å². The van der Waals surface area contributed by atoms with E-state index in [2.05, 4.69) is 88.5 Å². The first-order valence-corrected chi connectivity index (χ1v) is 13.1. The van der Waals surface area contributed by atoms with Gasteiger partial charge in [-0.05, 0) is 54.4 Å². The van der Waals surface area contributed by atoms with Crippen molar-refractivity contribution in [3.05, 3.63) is 94.0 Å². The third-order valence-electron chi connectivity index (χ3n) is 6.54. The van der Waals surface area contributed by atoms with Crippen LogP contribution in [0.1, 0.15) is 74.4 Å². The monoisotopic (exact) mass is 518 g/mol. The molecule has 0 N–H and O–H groups in total. The standard InChI is InChI=1S/C29H31BrN2O2/c1-2-3-4-5-9-18-33-24-15-12-22(13-16-24)29-32-27(25-19-23(30)14-17-28(25)34-29)20-26(31-32)21-10-7-6-8-11-21/h6-8,10-17,19,27,29H,2-5,9,18,20H2,1H3/t27-,29-/m1/s1. The van der Waals surface area contributed by atoms with Gasteiger partial charge in [-0.3, -0.25) is 0 Å². The summed E-state index contributed by atoms with van der Waals surface area (Å²) in [4.78, 5) is 0. The van der Waals surface area contributed by atoms with E-state index in [1.54, 1.807) is 0 Å². The fraction of sp³-hybridized carbons (Fsp3) is 0.345. The maximum atomic E-state index is 6.50. The minimum Gasteiger partial charge on any atom is -0.494 e. The van der Waals surface area contributed by atoms with Crippen LogP contribution in [-0.2, 0) is 0 Å². The van der Waals surface area contributed by atoms with Gasteiger partial charge in [-0.1, -0.05) is 78.9 Å². The molecule has 0 saturated heterocycles. The topological polar surface area (TPSA) is 34.1 Å². The van der Waals surface area contributed by atoms with E-state index < -0.39 is 0 Å². The van der Waals surface area contributed by atoms with Gasteiger partial charge < -0.3 is 9.47 Å². The van der Waals surface area contributed by atoms with Crippen LogP contribution in [0.4, 0.5) is 0 Å². The van der Waals surface area contributed by atoms with Gasteiger partial charge >= 0.3 is 0 Å². The Morgan fingerprint density at radius 1 is 0.971 bits per heavy atom. The molecule has 2 aliphatic heterocycles. The highest BCUT2D eigenvalue weighted by Crippen LogP contribution is 2.48. The van der Waals surface area contributed by atoms with E-state index in [4.69, 9.17) is 14.6 Å². The van der Waals surface area contributed by atoms with Gasteiger partial charge in [-0.15, -0.1) is 0 Å². The molecule has 5 heteroatoms. The van der Waals surface area contributed by atoms with Crippen LogP contribution in [0.5, 0.6) is 11.5 Å². The molecule has 0 aliphatic carbocycles. The summed E-state index contributed by atoms with van der Waals surface area (Å²) in [5.74, 6) is 1.83. The van der Waals surface area contributed by atoms with Crippen molar-refractivity contribution in [2.75, 3.05) is 6.61 Å². The first-order valence-electron chi connectivity index (χ1n) is 12.3. The molecule has 34 heavy (non-hydrogen) atoms. The number of nitrogens with zero attached hydrogens (tertiary/aromatic N) is 2. The van der Waals surface area contributed by atoms with Crippen molar-refractivity contribution >= 4 is 21.6 Å². The Labute approximate surface area is 210 Å². The normalized spacial score (nSPS) is 18.6. The first-order chi connectivity index (χ1) is 16.7. The highest BCUT2D eigenvalue weighted by molar-refractivity contribution is 9.10. The second kappa shape index (κ2) is 10.6. The number of hydrazone groups is 1. The quantitative estimate of drug-likeness (QED) is 0.268. The number of rotatable bonds is 9. The van der Waals surface area contributed by atoms with Gasteiger partial charge in [0.25, 0.3) is 0 Å². The van der Waals surface area contributed by atoms with E-state index in [9.17, 15) is 0 Å². The van der Waals surface area contributed by atoms with Crippen molar-refractivity contribution in [1.29, 1.82) is 0 Å². The number of unbranched alkanes of at least 4 members (excludes halogenated alkanes) is 4. The number of hydrogen-bond donors (Lipinski definition) is 0. The lowest BCUT2D eigenvalue weighted by molar-refractivity contribution is -0.0191. The Kier molecular flexibility index (Phi) is 7.19. The SMILES string of the molecule is CCCCCCCOc1ccc([C@H]2Oc3ccc(Br)cc3[C@H]3CC(c4ccccc4)=NN32)cc1. The number of halogens is 1. The summed E-state index contributed by atoms with van der Waals surface area (Å²) in [7, 11) is 0. The minimum atomic E-state index is -0.275. The molecule has 0 fully saturated rings. The molecule has 2 heterocycles. The Hall–Kier alpha value is -2.79. The molecular weight excluding hydrogens is 488 g/mol. The van der Waals surface area contributed by atoms with Crippen LogP contribution >= 0.6 is 15.9 Å². The van der Waals surface area contributed by atoms with Crippen molar-refractivity contribution in [3.63, 3.8) is 0 Å². The molecule has 3 aromatic rings. The van der Waals surface area contributed by atoms with Crippen LogP contribution in [0, 0.1) is 0 Å². The molecule has 0 aromatic heterocycles. The van der Waals surface area contributed by atoms with E-state index in [0.29, 0.717) is 0 Å². The number of hydrogen-bond acceptors (Lipinski definition) is 4. The van der Waals surface area contributed by atoms with Crippen molar-refractivity contribution in [2.45, 2.75) is 57.7 Å². The van der Waals surface area contributed by atoms with Crippen molar-refractivity contribution in [1.82, 2.24) is 5.01 Å². The summed E-state index contributed by atoms with van der Waals surface area (Å²) in [6.45, 7) is 3.01. The molecule has 3 aromatic carbocycles. The highest BCUT2D eigenvalue weighted by Gasteiger charge is 2.41. The summed E-state index contributed by atoms with van der Waals surface area (Å²) in [5.41, 5.74) is 4.50. The molecule has 0 radical (unpaired) electrons. The lowest BCUT2D eigenvalue weighted by atomic mass is 9.96. The van der Waals surface area contributed by atoms with Crippen molar-refractivity contribution in [3.8, 4) is 11.5 Å².